The van der Waals surface area contributed by atoms with Crippen molar-refractivity contribution >= 4 is 0 Å². The topological polar surface area (TPSA) is 9.23 Å². The average Bonchev–Trinajstić information content (AvgIpc) is 2.61. The van der Waals surface area contributed by atoms with E-state index >= 15 is 0 Å². The van der Waals surface area contributed by atoms with Crippen molar-refractivity contribution in [3.8, 4) is 29.2 Å². The molecule has 3 rings (SSSR count). The van der Waals surface area contributed by atoms with Crippen molar-refractivity contribution in [3.63, 3.8) is 0 Å². The molecule has 0 aliphatic rings. The second-order valence-electron chi connectivity index (χ2n) is 4.97. The first kappa shape index (κ1) is 14.0. The summed E-state index contributed by atoms with van der Waals surface area (Å²) >= 11 is 0. The van der Waals surface area contributed by atoms with E-state index in [9.17, 15) is 0 Å². The molecule has 0 spiro atoms. The molecule has 0 amide bonds. The van der Waals surface area contributed by atoms with E-state index in [-0.39, 0.29) is 0 Å². The molecule has 0 heterocycles. The molecule has 3 aromatic rings. The lowest BCUT2D eigenvalue weighted by Crippen LogP contribution is -1.99. The summed E-state index contributed by atoms with van der Waals surface area (Å²) in [5.74, 6) is 3.48. The van der Waals surface area contributed by atoms with E-state index in [0.717, 1.165) is 28.0 Å². The summed E-state index contributed by atoms with van der Waals surface area (Å²) in [7, 11) is 0. The van der Waals surface area contributed by atoms with Gasteiger partial charge in [-0.05, 0) is 17.2 Å². The van der Waals surface area contributed by atoms with Crippen LogP contribution in [0.5, 0.6) is 5.75 Å². The fourth-order valence-corrected chi connectivity index (χ4v) is 2.38. The van der Waals surface area contributed by atoms with Gasteiger partial charge in [0.15, 0.2) is 0 Å². The van der Waals surface area contributed by atoms with E-state index in [2.05, 4.69) is 18.1 Å². The van der Waals surface area contributed by atoms with Crippen molar-refractivity contribution in [2.45, 2.75) is 6.61 Å². The molecule has 0 aliphatic carbocycles. The molecule has 0 saturated heterocycles. The number of rotatable bonds is 4. The van der Waals surface area contributed by atoms with E-state index in [1.54, 1.807) is 0 Å². The van der Waals surface area contributed by atoms with Gasteiger partial charge in [0.2, 0.25) is 0 Å². The molecule has 3 aromatic carbocycles. The summed E-state index contributed by atoms with van der Waals surface area (Å²) in [6, 6.07) is 26.1. The summed E-state index contributed by atoms with van der Waals surface area (Å²) < 4.78 is 6.06. The largest absolute Gasteiger partial charge is 0.487 e. The minimum atomic E-state index is 0.499. The van der Waals surface area contributed by atoms with Crippen LogP contribution >= 0.6 is 0 Å². The zero-order valence-electron chi connectivity index (χ0n) is 12.2. The summed E-state index contributed by atoms with van der Waals surface area (Å²) in [6.07, 6.45) is 5.64. The smallest absolute Gasteiger partial charge is 0.143 e. The Morgan fingerprint density at radius 1 is 0.773 bits per heavy atom. The van der Waals surface area contributed by atoms with Gasteiger partial charge in [0.25, 0.3) is 0 Å². The Balaban J connectivity index is 1.97. The standard InChI is InChI=1S/C21H16O/c1-2-18-14-9-15-20(19-12-7-4-8-13-19)21(18)22-16-17-10-5-3-6-11-17/h1,3-15H,16H2. The number of para-hydroxylation sites is 1. The third-order valence-electron chi connectivity index (χ3n) is 3.48. The van der Waals surface area contributed by atoms with Crippen LogP contribution in [-0.4, -0.2) is 0 Å². The number of hydrogen-bond acceptors (Lipinski definition) is 1. The van der Waals surface area contributed by atoms with E-state index in [4.69, 9.17) is 11.2 Å². The first-order valence-electron chi connectivity index (χ1n) is 7.20. The third-order valence-corrected chi connectivity index (χ3v) is 3.48. The molecule has 0 saturated carbocycles. The number of hydrogen-bond donors (Lipinski definition) is 0. The Labute approximate surface area is 131 Å². The summed E-state index contributed by atoms with van der Waals surface area (Å²) in [6.45, 7) is 0.499. The van der Waals surface area contributed by atoms with E-state index in [1.807, 2.05) is 66.7 Å². The molecule has 1 heteroatoms. The van der Waals surface area contributed by atoms with E-state index in [1.165, 1.54) is 0 Å². The second kappa shape index (κ2) is 6.65. The summed E-state index contributed by atoms with van der Waals surface area (Å²) in [5, 5.41) is 0. The molecule has 1 nitrogen and oxygen atoms in total. The van der Waals surface area contributed by atoms with Crippen LogP contribution in [0.1, 0.15) is 11.1 Å². The van der Waals surface area contributed by atoms with E-state index < -0.39 is 0 Å². The first-order valence-corrected chi connectivity index (χ1v) is 7.20. The highest BCUT2D eigenvalue weighted by molar-refractivity contribution is 5.74. The number of ether oxygens (including phenoxy) is 1. The van der Waals surface area contributed by atoms with Gasteiger partial charge in [-0.3, -0.25) is 0 Å². The monoisotopic (exact) mass is 284 g/mol. The lowest BCUT2D eigenvalue weighted by Gasteiger charge is -2.14. The molecule has 22 heavy (non-hydrogen) atoms. The maximum absolute atomic E-state index is 6.06. The SMILES string of the molecule is C#Cc1cccc(-c2ccccc2)c1OCc1ccccc1. The predicted octanol–water partition coefficient (Wildman–Crippen LogP) is 4.91. The fraction of sp³-hybridized carbons (Fsp3) is 0.0476. The van der Waals surface area contributed by atoms with Gasteiger partial charge in [-0.2, -0.15) is 0 Å². The zero-order valence-corrected chi connectivity index (χ0v) is 12.2. The molecule has 0 N–H and O–H groups in total. The minimum absolute atomic E-state index is 0.499. The van der Waals surface area contributed by atoms with Crippen molar-refractivity contribution in [3.05, 3.63) is 90.0 Å². The Kier molecular flexibility index (Phi) is 4.22. The molecule has 0 bridgehead atoms. The van der Waals surface area contributed by atoms with Crippen molar-refractivity contribution in [1.29, 1.82) is 0 Å². The van der Waals surface area contributed by atoms with Crippen LogP contribution in [0.2, 0.25) is 0 Å². The van der Waals surface area contributed by atoms with Gasteiger partial charge in [-0.25, -0.2) is 0 Å². The van der Waals surface area contributed by atoms with Crippen molar-refractivity contribution in [2.75, 3.05) is 0 Å². The molecule has 106 valence electrons. The van der Waals surface area contributed by atoms with Gasteiger partial charge >= 0.3 is 0 Å². The zero-order chi connectivity index (χ0) is 15.2. The number of benzene rings is 3. The van der Waals surface area contributed by atoms with Crippen LogP contribution in [0, 0.1) is 12.3 Å². The van der Waals surface area contributed by atoms with E-state index in [0.29, 0.717) is 6.61 Å². The van der Waals surface area contributed by atoms with Crippen LogP contribution in [0.4, 0.5) is 0 Å². The quantitative estimate of drug-likeness (QED) is 0.618. The molecule has 0 fully saturated rings. The Morgan fingerprint density at radius 3 is 2.14 bits per heavy atom. The average molecular weight is 284 g/mol. The first-order chi connectivity index (χ1) is 10.9. The van der Waals surface area contributed by atoms with Crippen LogP contribution in [0.15, 0.2) is 78.9 Å². The Bertz CT molecular complexity index is 783. The van der Waals surface area contributed by atoms with Crippen molar-refractivity contribution < 1.29 is 4.74 Å². The highest BCUT2D eigenvalue weighted by Gasteiger charge is 2.10. The van der Waals surface area contributed by atoms with Gasteiger partial charge in [0.1, 0.15) is 12.4 Å². The van der Waals surface area contributed by atoms with Crippen LogP contribution < -0.4 is 4.74 Å². The highest BCUT2D eigenvalue weighted by atomic mass is 16.5. The third kappa shape index (κ3) is 3.02. The lowest BCUT2D eigenvalue weighted by atomic mass is 10.0. The summed E-state index contributed by atoms with van der Waals surface area (Å²) in [4.78, 5) is 0. The molecule has 0 aromatic heterocycles. The van der Waals surface area contributed by atoms with Gasteiger partial charge in [0, 0.05) is 5.56 Å². The maximum Gasteiger partial charge on any atom is 0.143 e. The summed E-state index contributed by atoms with van der Waals surface area (Å²) in [5.41, 5.74) is 4.01. The second-order valence-corrected chi connectivity index (χ2v) is 4.97. The van der Waals surface area contributed by atoms with Gasteiger partial charge in [-0.15, -0.1) is 6.42 Å². The molecular formula is C21H16O. The van der Waals surface area contributed by atoms with Gasteiger partial charge < -0.3 is 4.74 Å². The van der Waals surface area contributed by atoms with Crippen molar-refractivity contribution in [2.24, 2.45) is 0 Å². The lowest BCUT2D eigenvalue weighted by molar-refractivity contribution is 0.306. The molecule has 0 unspecified atom stereocenters. The van der Waals surface area contributed by atoms with Crippen LogP contribution in [0.25, 0.3) is 11.1 Å². The fourth-order valence-electron chi connectivity index (χ4n) is 2.38. The number of terminal acetylenes is 1. The molecule has 0 aliphatic heterocycles. The minimum Gasteiger partial charge on any atom is -0.487 e. The molecule has 0 atom stereocenters. The maximum atomic E-state index is 6.06. The predicted molar refractivity (Wildman–Crippen MR) is 90.6 cm³/mol. The van der Waals surface area contributed by atoms with Gasteiger partial charge in [0.05, 0.1) is 5.56 Å². The highest BCUT2D eigenvalue weighted by Crippen LogP contribution is 2.33. The Hall–Kier alpha value is -2.98. The van der Waals surface area contributed by atoms with Crippen LogP contribution in [0.3, 0.4) is 0 Å². The van der Waals surface area contributed by atoms with Crippen LogP contribution in [-0.2, 0) is 6.61 Å². The Morgan fingerprint density at radius 2 is 1.45 bits per heavy atom. The molecular weight excluding hydrogens is 268 g/mol. The van der Waals surface area contributed by atoms with Gasteiger partial charge in [-0.1, -0.05) is 78.7 Å². The normalized spacial score (nSPS) is 9.95. The molecule has 0 radical (unpaired) electrons. The van der Waals surface area contributed by atoms with Crippen molar-refractivity contribution in [1.82, 2.24) is 0 Å².